The van der Waals surface area contributed by atoms with Crippen molar-refractivity contribution in [2.45, 2.75) is 45.6 Å². The maximum Gasteiger partial charge on any atom is 0.304 e. The van der Waals surface area contributed by atoms with Gasteiger partial charge in [-0.15, -0.1) is 0 Å². The van der Waals surface area contributed by atoms with Crippen LogP contribution in [-0.4, -0.2) is 35.1 Å². The van der Waals surface area contributed by atoms with Crippen LogP contribution in [0, 0.1) is 5.92 Å². The topological polar surface area (TPSA) is 40.5 Å². The summed E-state index contributed by atoms with van der Waals surface area (Å²) in [5.41, 5.74) is 0. The first-order chi connectivity index (χ1) is 6.59. The molecule has 1 rings (SSSR count). The van der Waals surface area contributed by atoms with Gasteiger partial charge in [0, 0.05) is 12.6 Å². The quantitative estimate of drug-likeness (QED) is 0.752. The largest absolute Gasteiger partial charge is 0.481 e. The minimum absolute atomic E-state index is 0.281. The third kappa shape index (κ3) is 3.66. The molecule has 1 aliphatic heterocycles. The van der Waals surface area contributed by atoms with E-state index in [1.807, 2.05) is 0 Å². The molecule has 0 radical (unpaired) electrons. The van der Waals surface area contributed by atoms with E-state index in [4.69, 9.17) is 5.11 Å². The molecule has 14 heavy (non-hydrogen) atoms. The molecule has 3 nitrogen and oxygen atoms in total. The van der Waals surface area contributed by atoms with Gasteiger partial charge >= 0.3 is 5.97 Å². The van der Waals surface area contributed by atoms with Gasteiger partial charge in [-0.05, 0) is 25.3 Å². The van der Waals surface area contributed by atoms with Crippen molar-refractivity contribution in [1.82, 2.24) is 4.90 Å². The first-order valence-electron chi connectivity index (χ1n) is 5.55. The predicted molar refractivity (Wildman–Crippen MR) is 56.3 cm³/mol. The normalized spacial score (nSPS) is 24.1. The molecule has 0 aliphatic carbocycles. The second kappa shape index (κ2) is 5.35. The van der Waals surface area contributed by atoms with Crippen LogP contribution >= 0.6 is 0 Å². The summed E-state index contributed by atoms with van der Waals surface area (Å²) in [6.45, 7) is 6.49. The summed E-state index contributed by atoms with van der Waals surface area (Å²) in [4.78, 5) is 13.0. The van der Waals surface area contributed by atoms with E-state index in [1.54, 1.807) is 0 Å². The molecule has 0 bridgehead atoms. The van der Waals surface area contributed by atoms with Crippen molar-refractivity contribution in [1.29, 1.82) is 0 Å². The van der Waals surface area contributed by atoms with Gasteiger partial charge in [0.15, 0.2) is 0 Å². The maximum absolute atomic E-state index is 10.7. The Morgan fingerprint density at radius 3 is 2.79 bits per heavy atom. The Hall–Kier alpha value is -0.570. The van der Waals surface area contributed by atoms with Gasteiger partial charge in [0.25, 0.3) is 0 Å². The first-order valence-corrected chi connectivity index (χ1v) is 5.55. The van der Waals surface area contributed by atoms with Gasteiger partial charge < -0.3 is 5.11 Å². The van der Waals surface area contributed by atoms with Crippen molar-refractivity contribution in [3.63, 3.8) is 0 Å². The van der Waals surface area contributed by atoms with E-state index in [-0.39, 0.29) is 6.04 Å². The number of carbonyl (C=O) groups is 1. The Balaban J connectivity index is 2.45. The molecular weight excluding hydrogens is 178 g/mol. The third-order valence-electron chi connectivity index (χ3n) is 2.76. The maximum atomic E-state index is 10.7. The summed E-state index contributed by atoms with van der Waals surface area (Å²) in [5.74, 6) is -0.0324. The van der Waals surface area contributed by atoms with Crippen LogP contribution in [0.15, 0.2) is 0 Å². The van der Waals surface area contributed by atoms with Crippen LogP contribution in [0.25, 0.3) is 0 Å². The van der Waals surface area contributed by atoms with E-state index < -0.39 is 5.97 Å². The predicted octanol–water partition coefficient (Wildman–Crippen LogP) is 1.97. The van der Waals surface area contributed by atoms with Crippen LogP contribution in [0.2, 0.25) is 0 Å². The number of likely N-dealkylation sites (tertiary alicyclic amines) is 1. The molecule has 1 N–H and O–H groups in total. The highest BCUT2D eigenvalue weighted by Gasteiger charge is 2.24. The Kier molecular flexibility index (Phi) is 4.39. The van der Waals surface area contributed by atoms with Crippen molar-refractivity contribution in [2.24, 2.45) is 5.92 Å². The number of carboxylic acid groups (broad SMARTS) is 1. The summed E-state index contributed by atoms with van der Waals surface area (Å²) >= 11 is 0. The monoisotopic (exact) mass is 199 g/mol. The van der Waals surface area contributed by atoms with E-state index in [1.165, 1.54) is 12.8 Å². The van der Waals surface area contributed by atoms with Crippen LogP contribution in [0.3, 0.4) is 0 Å². The van der Waals surface area contributed by atoms with E-state index >= 15 is 0 Å². The summed E-state index contributed by atoms with van der Waals surface area (Å²) in [6, 6.07) is 0.281. The Morgan fingerprint density at radius 2 is 2.21 bits per heavy atom. The van der Waals surface area contributed by atoms with Crippen molar-refractivity contribution >= 4 is 5.97 Å². The number of nitrogens with zero attached hydrogens (tertiary/aromatic N) is 1. The van der Waals surface area contributed by atoms with Gasteiger partial charge in [0.1, 0.15) is 0 Å². The van der Waals surface area contributed by atoms with Crippen molar-refractivity contribution in [2.75, 3.05) is 13.1 Å². The van der Waals surface area contributed by atoms with Crippen LogP contribution in [0.4, 0.5) is 0 Å². The van der Waals surface area contributed by atoms with E-state index in [0.717, 1.165) is 19.5 Å². The van der Waals surface area contributed by atoms with Gasteiger partial charge in [-0.1, -0.05) is 20.3 Å². The molecule has 0 saturated carbocycles. The van der Waals surface area contributed by atoms with Crippen LogP contribution in [0.5, 0.6) is 0 Å². The van der Waals surface area contributed by atoms with Gasteiger partial charge in [-0.2, -0.15) is 0 Å². The number of piperidine rings is 1. The molecule has 0 spiro atoms. The average molecular weight is 199 g/mol. The minimum atomic E-state index is -0.661. The number of aliphatic carboxylic acids is 1. The van der Waals surface area contributed by atoms with E-state index in [9.17, 15) is 4.79 Å². The highest BCUT2D eigenvalue weighted by molar-refractivity contribution is 5.67. The molecule has 1 fully saturated rings. The fraction of sp³-hybridized carbons (Fsp3) is 0.909. The number of carboxylic acids is 1. The molecule has 0 aromatic heterocycles. The SMILES string of the molecule is CC(C)CN1CCCCC1CC(=O)O. The van der Waals surface area contributed by atoms with Crippen LogP contribution in [0.1, 0.15) is 39.5 Å². The fourth-order valence-corrected chi connectivity index (χ4v) is 2.20. The minimum Gasteiger partial charge on any atom is -0.481 e. The lowest BCUT2D eigenvalue weighted by molar-refractivity contribution is -0.138. The van der Waals surface area contributed by atoms with E-state index in [2.05, 4.69) is 18.7 Å². The van der Waals surface area contributed by atoms with Crippen molar-refractivity contribution in [3.8, 4) is 0 Å². The van der Waals surface area contributed by atoms with Gasteiger partial charge in [-0.3, -0.25) is 9.69 Å². The molecule has 1 unspecified atom stereocenters. The van der Waals surface area contributed by atoms with Gasteiger partial charge in [-0.25, -0.2) is 0 Å². The molecule has 82 valence electrons. The molecule has 3 heteroatoms. The highest BCUT2D eigenvalue weighted by atomic mass is 16.4. The molecule has 0 amide bonds. The summed E-state index contributed by atoms with van der Waals surface area (Å²) in [6.07, 6.45) is 3.78. The highest BCUT2D eigenvalue weighted by Crippen LogP contribution is 2.20. The molecule has 1 heterocycles. The molecule has 1 atom stereocenters. The van der Waals surface area contributed by atoms with E-state index in [0.29, 0.717) is 12.3 Å². The van der Waals surface area contributed by atoms with Crippen LogP contribution in [-0.2, 0) is 4.79 Å². The van der Waals surface area contributed by atoms with Crippen molar-refractivity contribution < 1.29 is 9.90 Å². The molecule has 1 aliphatic rings. The van der Waals surface area contributed by atoms with Crippen molar-refractivity contribution in [3.05, 3.63) is 0 Å². The Bertz CT molecular complexity index is 192. The number of hydrogen-bond donors (Lipinski definition) is 1. The summed E-state index contributed by atoms with van der Waals surface area (Å²) in [7, 11) is 0. The van der Waals surface area contributed by atoms with Crippen LogP contribution < -0.4 is 0 Å². The Labute approximate surface area is 86.1 Å². The zero-order valence-corrected chi connectivity index (χ0v) is 9.20. The smallest absolute Gasteiger partial charge is 0.304 e. The summed E-state index contributed by atoms with van der Waals surface area (Å²) in [5, 5.41) is 8.79. The van der Waals surface area contributed by atoms with Gasteiger partial charge in [0.05, 0.1) is 6.42 Å². The third-order valence-corrected chi connectivity index (χ3v) is 2.76. The zero-order chi connectivity index (χ0) is 10.6. The number of hydrogen-bond acceptors (Lipinski definition) is 2. The lowest BCUT2D eigenvalue weighted by atomic mass is 9.98. The number of rotatable bonds is 4. The summed E-state index contributed by atoms with van der Waals surface area (Å²) < 4.78 is 0. The fourth-order valence-electron chi connectivity index (χ4n) is 2.20. The first kappa shape index (κ1) is 11.5. The molecule has 1 saturated heterocycles. The lowest BCUT2D eigenvalue weighted by Gasteiger charge is -2.36. The molecule has 0 aromatic carbocycles. The molecular formula is C11H21NO2. The standard InChI is InChI=1S/C11H21NO2/c1-9(2)8-12-6-4-3-5-10(12)7-11(13)14/h9-10H,3-8H2,1-2H3,(H,13,14). The average Bonchev–Trinajstić information content (AvgIpc) is 2.06. The second-order valence-electron chi connectivity index (χ2n) is 4.64. The second-order valence-corrected chi connectivity index (χ2v) is 4.64. The lowest BCUT2D eigenvalue weighted by Crippen LogP contribution is -2.42. The van der Waals surface area contributed by atoms with Gasteiger partial charge in [0.2, 0.25) is 0 Å². The molecule has 0 aromatic rings. The zero-order valence-electron chi connectivity index (χ0n) is 9.20. The Morgan fingerprint density at radius 1 is 1.50 bits per heavy atom.